The quantitative estimate of drug-likeness (QED) is 0.119. The van der Waals surface area contributed by atoms with E-state index in [0.29, 0.717) is 38.5 Å². The molecule has 0 saturated heterocycles. The summed E-state index contributed by atoms with van der Waals surface area (Å²) in [5, 5.41) is 17.8. The molecule has 0 heterocycles. The predicted octanol–water partition coefficient (Wildman–Crippen LogP) is 5.72. The Balaban J connectivity index is -0.00000420. The summed E-state index contributed by atoms with van der Waals surface area (Å²) in [7, 11) is -5.13. The first-order valence-corrected chi connectivity index (χ1v) is 13.0. The van der Waals surface area contributed by atoms with Gasteiger partial charge in [0.1, 0.15) is 5.41 Å². The Hall–Kier alpha value is -1.23. The number of unbranched alkanes of at least 4 members (excludes halogenated alkanes) is 6. The molecule has 0 radical (unpaired) electrons. The molecule has 0 aromatic rings. The fraction of sp³-hybridized carbons (Fsp3) is 0.909. The molecule has 0 rings (SSSR count). The Morgan fingerprint density at radius 1 is 0.750 bits per heavy atom. The van der Waals surface area contributed by atoms with Crippen molar-refractivity contribution in [1.82, 2.24) is 12.3 Å². The molecule has 0 aliphatic carbocycles. The number of carboxylic acids is 2. The number of carbonyl (C=O) groups is 2. The van der Waals surface area contributed by atoms with Gasteiger partial charge < -0.3 is 22.5 Å². The van der Waals surface area contributed by atoms with Gasteiger partial charge in [-0.1, -0.05) is 91.9 Å². The van der Waals surface area contributed by atoms with E-state index in [2.05, 4.69) is 13.8 Å². The first kappa shape index (κ1) is 35.4. The lowest BCUT2D eigenvalue weighted by atomic mass is 9.59. The molecule has 0 saturated carbocycles. The van der Waals surface area contributed by atoms with Crippen LogP contribution in [0.4, 0.5) is 0 Å². The second kappa shape index (κ2) is 17.3. The molecule has 0 aliphatic heterocycles. The highest BCUT2D eigenvalue weighted by molar-refractivity contribution is 7.87. The maximum Gasteiger partial charge on any atom is 0.325 e. The average molecular weight is 485 g/mol. The van der Waals surface area contributed by atoms with E-state index in [-0.39, 0.29) is 12.3 Å². The molecule has 0 aromatic carbocycles. The van der Waals surface area contributed by atoms with Crippen LogP contribution in [0.2, 0.25) is 0 Å². The zero-order chi connectivity index (χ0) is 23.4. The summed E-state index contributed by atoms with van der Waals surface area (Å²) in [6.45, 7) is 7.66. The van der Waals surface area contributed by atoms with Crippen LogP contribution in [0, 0.1) is 17.3 Å². The summed E-state index contributed by atoms with van der Waals surface area (Å²) in [6.07, 6.45) is 8.62. The summed E-state index contributed by atoms with van der Waals surface area (Å²) in [6, 6.07) is 0. The van der Waals surface area contributed by atoms with Gasteiger partial charge in [0.25, 0.3) is 10.1 Å². The Morgan fingerprint density at radius 3 is 1.34 bits per heavy atom. The van der Waals surface area contributed by atoms with Crippen LogP contribution in [0.15, 0.2) is 0 Å². The average Bonchev–Trinajstić information content (AvgIpc) is 2.65. The number of hydrogen-bond donors (Lipinski definition) is 5. The van der Waals surface area contributed by atoms with Crippen molar-refractivity contribution in [1.29, 1.82) is 0 Å². The minimum absolute atomic E-state index is 0. The molecule has 9 N–H and O–H groups in total. The van der Waals surface area contributed by atoms with Gasteiger partial charge in [0, 0.05) is 0 Å². The van der Waals surface area contributed by atoms with E-state index >= 15 is 0 Å². The van der Waals surface area contributed by atoms with Gasteiger partial charge in [-0.2, -0.15) is 8.42 Å². The Bertz CT molecular complexity index is 606. The second-order valence-electron chi connectivity index (χ2n) is 8.38. The Morgan fingerprint density at radius 2 is 1.12 bits per heavy atom. The summed E-state index contributed by atoms with van der Waals surface area (Å²) >= 11 is 0. The van der Waals surface area contributed by atoms with Crippen molar-refractivity contribution in [2.75, 3.05) is 0 Å². The van der Waals surface area contributed by atoms with E-state index in [0.717, 1.165) is 38.5 Å². The molecule has 194 valence electrons. The van der Waals surface area contributed by atoms with Gasteiger partial charge in [-0.05, 0) is 24.7 Å². The van der Waals surface area contributed by atoms with Crippen molar-refractivity contribution >= 4 is 22.1 Å². The van der Waals surface area contributed by atoms with Crippen molar-refractivity contribution in [2.45, 2.75) is 110 Å². The summed E-state index contributed by atoms with van der Waals surface area (Å²) < 4.78 is 34.3. The summed E-state index contributed by atoms with van der Waals surface area (Å²) in [5.41, 5.74) is -2.07. The molecule has 3 unspecified atom stereocenters. The van der Waals surface area contributed by atoms with Crippen LogP contribution < -0.4 is 12.3 Å². The third-order valence-corrected chi connectivity index (χ3v) is 7.66. The molecule has 32 heavy (non-hydrogen) atoms. The maximum atomic E-state index is 12.8. The van der Waals surface area contributed by atoms with Crippen LogP contribution in [0.5, 0.6) is 0 Å². The molecule has 0 spiro atoms. The van der Waals surface area contributed by atoms with Crippen molar-refractivity contribution in [3.63, 3.8) is 0 Å². The molecule has 0 fully saturated rings. The zero-order valence-electron chi connectivity index (χ0n) is 20.5. The zero-order valence-corrected chi connectivity index (χ0v) is 21.3. The van der Waals surface area contributed by atoms with Gasteiger partial charge in [0.15, 0.2) is 5.25 Å². The smallest absolute Gasteiger partial charge is 0.325 e. The van der Waals surface area contributed by atoms with Crippen LogP contribution in [-0.4, -0.2) is 40.4 Å². The fourth-order valence-electron chi connectivity index (χ4n) is 5.00. The lowest BCUT2D eigenvalue weighted by Gasteiger charge is -2.45. The third-order valence-electron chi connectivity index (χ3n) is 6.48. The van der Waals surface area contributed by atoms with E-state index in [1.807, 2.05) is 0 Å². The molecule has 0 aromatic heterocycles. The van der Waals surface area contributed by atoms with E-state index in [4.69, 9.17) is 0 Å². The van der Waals surface area contributed by atoms with Crippen molar-refractivity contribution in [2.24, 2.45) is 17.3 Å². The van der Waals surface area contributed by atoms with E-state index in [9.17, 15) is 32.8 Å². The molecular weight excluding hydrogens is 436 g/mol. The molecule has 0 aliphatic rings. The van der Waals surface area contributed by atoms with E-state index in [1.54, 1.807) is 13.8 Å². The van der Waals surface area contributed by atoms with Gasteiger partial charge in [-0.25, -0.2) is 0 Å². The molecule has 3 atom stereocenters. The van der Waals surface area contributed by atoms with Crippen LogP contribution in [-0.2, 0) is 19.7 Å². The number of rotatable bonds is 18. The lowest BCUT2D eigenvalue weighted by molar-refractivity contribution is -0.165. The van der Waals surface area contributed by atoms with Crippen molar-refractivity contribution in [3.05, 3.63) is 0 Å². The van der Waals surface area contributed by atoms with Crippen molar-refractivity contribution < 1.29 is 32.8 Å². The third kappa shape index (κ3) is 9.33. The second-order valence-corrected chi connectivity index (χ2v) is 9.88. The SMILES string of the molecule is CCCCCCC(CC)C(C(=O)O)(C(CC)CCCCCC)C(C(=O)O)S(=O)(=O)O.N.N. The maximum absolute atomic E-state index is 12.8. The highest BCUT2D eigenvalue weighted by Gasteiger charge is 2.62. The fourth-order valence-corrected chi connectivity index (χ4v) is 6.23. The molecule has 0 amide bonds. The number of aliphatic carboxylic acids is 2. The Kier molecular flexibility index (Phi) is 19.1. The first-order valence-electron chi connectivity index (χ1n) is 11.5. The molecule has 9 nitrogen and oxygen atoms in total. The van der Waals surface area contributed by atoms with Crippen molar-refractivity contribution in [3.8, 4) is 0 Å². The lowest BCUT2D eigenvalue weighted by Crippen LogP contribution is -2.59. The molecular formula is C22H48N2O7S. The minimum atomic E-state index is -5.13. The van der Waals surface area contributed by atoms with Crippen LogP contribution >= 0.6 is 0 Å². The highest BCUT2D eigenvalue weighted by Crippen LogP contribution is 2.50. The normalized spacial score (nSPS) is 16.0. The van der Waals surface area contributed by atoms with Gasteiger partial charge in [-0.15, -0.1) is 0 Å². The topological polar surface area (TPSA) is 199 Å². The predicted molar refractivity (Wildman–Crippen MR) is 128 cm³/mol. The van der Waals surface area contributed by atoms with Crippen LogP contribution in [0.25, 0.3) is 0 Å². The van der Waals surface area contributed by atoms with Gasteiger partial charge in [0.05, 0.1) is 0 Å². The summed E-state index contributed by atoms with van der Waals surface area (Å²) in [4.78, 5) is 24.8. The van der Waals surface area contributed by atoms with Gasteiger partial charge in [0.2, 0.25) is 0 Å². The van der Waals surface area contributed by atoms with Crippen LogP contribution in [0.1, 0.15) is 105 Å². The molecule has 10 heteroatoms. The van der Waals surface area contributed by atoms with Gasteiger partial charge in [-0.3, -0.25) is 14.1 Å². The number of hydrogen-bond acceptors (Lipinski definition) is 6. The standard InChI is InChI=1S/C22H42O7S.2H3N/c1-5-9-11-13-15-17(7-3)22(21(25)26,19(20(23)24)30(27,28)29)18(8-4)16-14-12-10-6-2;;/h17-19H,5-16H2,1-4H3,(H,23,24)(H,25,26)(H,27,28,29);2*1H3. The number of carboxylic acid groups (broad SMARTS) is 2. The minimum Gasteiger partial charge on any atom is -0.481 e. The monoisotopic (exact) mass is 484 g/mol. The van der Waals surface area contributed by atoms with Gasteiger partial charge >= 0.3 is 11.9 Å². The first-order chi connectivity index (χ1) is 14.0. The largest absolute Gasteiger partial charge is 0.481 e. The highest BCUT2D eigenvalue weighted by atomic mass is 32.2. The van der Waals surface area contributed by atoms with E-state index < -0.39 is 44.6 Å². The summed E-state index contributed by atoms with van der Waals surface area (Å²) in [5.74, 6) is -4.55. The van der Waals surface area contributed by atoms with Crippen LogP contribution in [0.3, 0.4) is 0 Å². The Labute approximate surface area is 194 Å². The molecule has 0 bridgehead atoms. The van der Waals surface area contributed by atoms with E-state index in [1.165, 1.54) is 0 Å².